The summed E-state index contributed by atoms with van der Waals surface area (Å²) < 4.78 is 0. The van der Waals surface area contributed by atoms with Crippen molar-refractivity contribution in [3.8, 4) is 0 Å². The number of nitrogens with one attached hydrogen (secondary N) is 3. The number of hydrogen-bond acceptors (Lipinski definition) is 3. The Morgan fingerprint density at radius 3 is 2.52 bits per heavy atom. The number of benzene rings is 1. The summed E-state index contributed by atoms with van der Waals surface area (Å²) in [5, 5.41) is 8.81. The molecule has 0 aliphatic carbocycles. The molecule has 0 spiro atoms. The van der Waals surface area contributed by atoms with E-state index in [0.717, 1.165) is 0 Å². The second-order valence-corrected chi connectivity index (χ2v) is 5.52. The summed E-state index contributed by atoms with van der Waals surface area (Å²) in [5.41, 5.74) is 0.243. The molecule has 2 amide bonds. The molecule has 1 aromatic rings. The van der Waals surface area contributed by atoms with Crippen LogP contribution in [0, 0.1) is 0 Å². The van der Waals surface area contributed by atoms with Crippen molar-refractivity contribution < 1.29 is 9.59 Å². The summed E-state index contributed by atoms with van der Waals surface area (Å²) in [6.07, 6.45) is 0. The van der Waals surface area contributed by atoms with Crippen LogP contribution in [0.1, 0.15) is 24.2 Å². The Morgan fingerprint density at radius 2 is 1.90 bits per heavy atom. The van der Waals surface area contributed by atoms with Crippen molar-refractivity contribution in [3.05, 3.63) is 33.8 Å². The van der Waals surface area contributed by atoms with Gasteiger partial charge in [0.05, 0.1) is 15.6 Å². The summed E-state index contributed by atoms with van der Waals surface area (Å²) in [4.78, 5) is 23.9. The minimum Gasteiger partial charge on any atom is -0.353 e. The number of likely N-dealkylation sites (N-methyl/N-ethyl adjacent to an activating group) is 1. The van der Waals surface area contributed by atoms with Gasteiger partial charge in [-0.2, -0.15) is 0 Å². The molecule has 0 fully saturated rings. The molecule has 0 saturated heterocycles. The Labute approximate surface area is 134 Å². The SMILES string of the molecule is CNC(C)CNC(=O)C(C)NC(=O)c1cccc(Cl)c1Cl. The summed E-state index contributed by atoms with van der Waals surface area (Å²) in [5.74, 6) is -0.699. The molecule has 0 aliphatic rings. The number of carbonyl (C=O) groups excluding carboxylic acids is 2. The molecule has 0 aromatic heterocycles. The Balaban J connectivity index is 2.61. The van der Waals surface area contributed by atoms with Gasteiger partial charge in [-0.25, -0.2) is 0 Å². The lowest BCUT2D eigenvalue weighted by Crippen LogP contribution is -2.47. The second kappa shape index (κ2) is 8.22. The van der Waals surface area contributed by atoms with E-state index in [1.165, 1.54) is 0 Å². The normalized spacial score (nSPS) is 13.4. The first-order valence-electron chi connectivity index (χ1n) is 6.56. The maximum atomic E-state index is 12.1. The quantitative estimate of drug-likeness (QED) is 0.744. The van der Waals surface area contributed by atoms with Gasteiger partial charge in [-0.1, -0.05) is 29.3 Å². The monoisotopic (exact) mass is 331 g/mol. The van der Waals surface area contributed by atoms with E-state index in [1.54, 1.807) is 25.1 Å². The second-order valence-electron chi connectivity index (χ2n) is 4.73. The molecule has 0 radical (unpaired) electrons. The third kappa shape index (κ3) is 5.19. The standard InChI is InChI=1S/C14H19Cl2N3O2/c1-8(17-3)7-18-13(20)9(2)19-14(21)10-5-4-6-11(15)12(10)16/h4-6,8-9,17H,7H2,1-3H3,(H,18,20)(H,19,21). The molecule has 2 atom stereocenters. The third-order valence-electron chi connectivity index (χ3n) is 3.01. The summed E-state index contributed by atoms with van der Waals surface area (Å²) in [7, 11) is 1.81. The van der Waals surface area contributed by atoms with E-state index in [2.05, 4.69) is 16.0 Å². The van der Waals surface area contributed by atoms with Crippen LogP contribution in [0.2, 0.25) is 10.0 Å². The number of rotatable bonds is 6. The smallest absolute Gasteiger partial charge is 0.253 e. The van der Waals surface area contributed by atoms with Crippen LogP contribution in [0.5, 0.6) is 0 Å². The molecule has 116 valence electrons. The van der Waals surface area contributed by atoms with Crippen molar-refractivity contribution in [2.45, 2.75) is 25.9 Å². The van der Waals surface area contributed by atoms with E-state index in [1.807, 2.05) is 14.0 Å². The van der Waals surface area contributed by atoms with Gasteiger partial charge in [0.25, 0.3) is 5.91 Å². The fraction of sp³-hybridized carbons (Fsp3) is 0.429. The Morgan fingerprint density at radius 1 is 1.24 bits per heavy atom. The van der Waals surface area contributed by atoms with Gasteiger partial charge in [-0.3, -0.25) is 9.59 Å². The number of amides is 2. The highest BCUT2D eigenvalue weighted by atomic mass is 35.5. The fourth-order valence-electron chi connectivity index (χ4n) is 1.53. The highest BCUT2D eigenvalue weighted by molar-refractivity contribution is 6.43. The van der Waals surface area contributed by atoms with Crippen molar-refractivity contribution >= 4 is 35.0 Å². The molecule has 0 aliphatic heterocycles. The van der Waals surface area contributed by atoms with E-state index < -0.39 is 11.9 Å². The van der Waals surface area contributed by atoms with Gasteiger partial charge in [-0.05, 0) is 33.0 Å². The summed E-state index contributed by atoms with van der Waals surface area (Å²) >= 11 is 11.8. The number of halogens is 2. The Hall–Kier alpha value is -1.30. The summed E-state index contributed by atoms with van der Waals surface area (Å²) in [6, 6.07) is 4.26. The zero-order chi connectivity index (χ0) is 16.0. The van der Waals surface area contributed by atoms with Gasteiger partial charge < -0.3 is 16.0 Å². The van der Waals surface area contributed by atoms with E-state index in [9.17, 15) is 9.59 Å². The molecular weight excluding hydrogens is 313 g/mol. The molecule has 2 unspecified atom stereocenters. The van der Waals surface area contributed by atoms with Gasteiger partial charge >= 0.3 is 0 Å². The maximum absolute atomic E-state index is 12.1. The van der Waals surface area contributed by atoms with Crippen molar-refractivity contribution in [3.63, 3.8) is 0 Å². The van der Waals surface area contributed by atoms with Crippen LogP contribution < -0.4 is 16.0 Å². The van der Waals surface area contributed by atoms with Crippen LogP contribution >= 0.6 is 23.2 Å². The number of hydrogen-bond donors (Lipinski definition) is 3. The van der Waals surface area contributed by atoms with Gasteiger partial charge in [0.2, 0.25) is 5.91 Å². The van der Waals surface area contributed by atoms with Crippen LogP contribution in [0.4, 0.5) is 0 Å². The maximum Gasteiger partial charge on any atom is 0.253 e. The molecular formula is C14H19Cl2N3O2. The average molecular weight is 332 g/mol. The van der Waals surface area contributed by atoms with Crippen LogP contribution in [-0.4, -0.2) is 37.5 Å². The fourth-order valence-corrected chi connectivity index (χ4v) is 1.91. The molecule has 5 nitrogen and oxygen atoms in total. The molecule has 0 bridgehead atoms. The highest BCUT2D eigenvalue weighted by Crippen LogP contribution is 2.25. The third-order valence-corrected chi connectivity index (χ3v) is 3.83. The largest absolute Gasteiger partial charge is 0.353 e. The molecule has 7 heteroatoms. The van der Waals surface area contributed by atoms with E-state index in [0.29, 0.717) is 11.6 Å². The molecule has 1 rings (SSSR count). The van der Waals surface area contributed by atoms with Crippen LogP contribution in [0.3, 0.4) is 0 Å². The Kier molecular flexibility index (Phi) is 6.95. The topological polar surface area (TPSA) is 70.2 Å². The predicted molar refractivity (Wildman–Crippen MR) is 84.9 cm³/mol. The molecule has 1 aromatic carbocycles. The van der Waals surface area contributed by atoms with Gasteiger partial charge in [0, 0.05) is 12.6 Å². The minimum atomic E-state index is -0.670. The lowest BCUT2D eigenvalue weighted by atomic mass is 10.2. The van der Waals surface area contributed by atoms with Crippen LogP contribution in [0.25, 0.3) is 0 Å². The zero-order valence-electron chi connectivity index (χ0n) is 12.2. The molecule has 3 N–H and O–H groups in total. The average Bonchev–Trinajstić information content (AvgIpc) is 2.46. The van der Waals surface area contributed by atoms with Crippen molar-refractivity contribution in [1.29, 1.82) is 0 Å². The molecule has 21 heavy (non-hydrogen) atoms. The lowest BCUT2D eigenvalue weighted by molar-refractivity contribution is -0.122. The van der Waals surface area contributed by atoms with Gasteiger partial charge in [0.1, 0.15) is 6.04 Å². The molecule has 0 saturated carbocycles. The van der Waals surface area contributed by atoms with E-state index >= 15 is 0 Å². The first-order chi connectivity index (χ1) is 9.86. The van der Waals surface area contributed by atoms with Gasteiger partial charge in [-0.15, -0.1) is 0 Å². The van der Waals surface area contributed by atoms with Crippen LogP contribution in [0.15, 0.2) is 18.2 Å². The molecule has 0 heterocycles. The van der Waals surface area contributed by atoms with E-state index in [-0.39, 0.29) is 22.5 Å². The van der Waals surface area contributed by atoms with Crippen molar-refractivity contribution in [1.82, 2.24) is 16.0 Å². The Bertz CT molecular complexity index is 523. The predicted octanol–water partition coefficient (Wildman–Crippen LogP) is 1.84. The zero-order valence-corrected chi connectivity index (χ0v) is 13.7. The highest BCUT2D eigenvalue weighted by Gasteiger charge is 2.19. The first-order valence-corrected chi connectivity index (χ1v) is 7.32. The lowest BCUT2D eigenvalue weighted by Gasteiger charge is -2.17. The van der Waals surface area contributed by atoms with Gasteiger partial charge in [0.15, 0.2) is 0 Å². The summed E-state index contributed by atoms with van der Waals surface area (Å²) in [6.45, 7) is 4.03. The first kappa shape index (κ1) is 17.8. The van der Waals surface area contributed by atoms with Crippen molar-refractivity contribution in [2.24, 2.45) is 0 Å². The van der Waals surface area contributed by atoms with Crippen molar-refractivity contribution in [2.75, 3.05) is 13.6 Å². The minimum absolute atomic E-state index is 0.152. The number of carbonyl (C=O) groups is 2. The van der Waals surface area contributed by atoms with Crippen LogP contribution in [-0.2, 0) is 4.79 Å². The van der Waals surface area contributed by atoms with E-state index in [4.69, 9.17) is 23.2 Å².